The van der Waals surface area contributed by atoms with E-state index in [4.69, 9.17) is 10.7 Å². The number of aldehydes is 1. The third kappa shape index (κ3) is 3.20. The summed E-state index contributed by atoms with van der Waals surface area (Å²) in [6.45, 7) is 0.478. The number of nitrogens with zero attached hydrogens (tertiary/aromatic N) is 2. The zero-order valence-corrected chi connectivity index (χ0v) is 16.1. The largest absolute Gasteiger partial charge is 0.326 e. The molecule has 4 nitrogen and oxygen atoms in total. The molecule has 1 unspecified atom stereocenters. The van der Waals surface area contributed by atoms with Crippen molar-refractivity contribution in [2.24, 2.45) is 10.7 Å². The highest BCUT2D eigenvalue weighted by atomic mass is 79.9. The normalized spacial score (nSPS) is 15.9. The molecule has 0 radical (unpaired) electrons. The number of aliphatic imine (C=N–C) groups is 1. The van der Waals surface area contributed by atoms with Gasteiger partial charge >= 0.3 is 0 Å². The Kier molecular flexibility index (Phi) is 4.88. The van der Waals surface area contributed by atoms with Crippen molar-refractivity contribution in [3.8, 4) is 0 Å². The molecule has 27 heavy (non-hydrogen) atoms. The maximum atomic E-state index is 12.2. The molecular formula is C22H18BrN3O. The number of hydrogen-bond donors (Lipinski definition) is 1. The highest BCUT2D eigenvalue weighted by molar-refractivity contribution is 9.10. The first-order chi connectivity index (χ1) is 13.2. The summed E-state index contributed by atoms with van der Waals surface area (Å²) in [5.41, 5.74) is 10.3. The van der Waals surface area contributed by atoms with E-state index in [1.807, 2.05) is 77.7 Å². The number of fused-ring (bicyclic) bond motifs is 1. The Hall–Kier alpha value is -2.76. The van der Waals surface area contributed by atoms with Crippen molar-refractivity contribution in [1.82, 2.24) is 0 Å². The topological polar surface area (TPSA) is 58.7 Å². The van der Waals surface area contributed by atoms with Crippen LogP contribution in [0.3, 0.4) is 0 Å². The SMILES string of the molecule is NCc1ccc(N2C(c3ccccc3Br)=Nc3ccccc3C2C=O)cc1. The molecular weight excluding hydrogens is 402 g/mol. The van der Waals surface area contributed by atoms with E-state index in [-0.39, 0.29) is 0 Å². The standard InChI is InChI=1S/C22H18BrN3O/c23-19-7-3-1-5-17(19)22-25-20-8-4-2-6-18(20)21(14-27)26(22)16-11-9-15(13-24)10-12-16/h1-12,14,21H,13,24H2. The predicted molar refractivity (Wildman–Crippen MR) is 112 cm³/mol. The average Bonchev–Trinajstić information content (AvgIpc) is 2.73. The summed E-state index contributed by atoms with van der Waals surface area (Å²) < 4.78 is 0.927. The fourth-order valence-corrected chi connectivity index (χ4v) is 3.78. The molecule has 0 amide bonds. The van der Waals surface area contributed by atoms with Crippen molar-refractivity contribution in [1.29, 1.82) is 0 Å². The minimum atomic E-state index is -0.454. The number of anilines is 1. The second-order valence-corrected chi connectivity index (χ2v) is 7.15. The van der Waals surface area contributed by atoms with Gasteiger partial charge in [-0.15, -0.1) is 0 Å². The Morgan fingerprint density at radius 2 is 1.70 bits per heavy atom. The molecule has 0 fully saturated rings. The Morgan fingerprint density at radius 1 is 1.00 bits per heavy atom. The molecule has 3 aromatic carbocycles. The quantitative estimate of drug-likeness (QED) is 0.620. The van der Waals surface area contributed by atoms with Gasteiger partial charge in [-0.1, -0.05) is 64.5 Å². The lowest BCUT2D eigenvalue weighted by Crippen LogP contribution is -2.39. The lowest BCUT2D eigenvalue weighted by molar-refractivity contribution is -0.108. The Labute approximate surface area is 166 Å². The number of amidine groups is 1. The zero-order valence-electron chi connectivity index (χ0n) is 14.5. The number of benzene rings is 3. The van der Waals surface area contributed by atoms with E-state index < -0.39 is 6.04 Å². The van der Waals surface area contributed by atoms with Crippen molar-refractivity contribution in [2.45, 2.75) is 12.6 Å². The van der Waals surface area contributed by atoms with E-state index in [9.17, 15) is 4.79 Å². The van der Waals surface area contributed by atoms with Crippen LogP contribution < -0.4 is 10.6 Å². The van der Waals surface area contributed by atoms with Gasteiger partial charge < -0.3 is 15.4 Å². The van der Waals surface area contributed by atoms with E-state index in [0.717, 1.165) is 44.7 Å². The van der Waals surface area contributed by atoms with Crippen molar-refractivity contribution in [2.75, 3.05) is 4.90 Å². The monoisotopic (exact) mass is 419 g/mol. The van der Waals surface area contributed by atoms with E-state index in [0.29, 0.717) is 6.54 Å². The summed E-state index contributed by atoms with van der Waals surface area (Å²) in [7, 11) is 0. The molecule has 0 saturated carbocycles. The molecule has 2 N–H and O–H groups in total. The second-order valence-electron chi connectivity index (χ2n) is 6.30. The molecule has 3 aromatic rings. The fraction of sp³-hybridized carbons (Fsp3) is 0.0909. The van der Waals surface area contributed by atoms with E-state index in [2.05, 4.69) is 15.9 Å². The maximum absolute atomic E-state index is 12.2. The summed E-state index contributed by atoms with van der Waals surface area (Å²) in [6.07, 6.45) is 0.973. The number of hydrogen-bond acceptors (Lipinski definition) is 4. The van der Waals surface area contributed by atoms with Crippen LogP contribution in [-0.2, 0) is 11.3 Å². The van der Waals surface area contributed by atoms with Crippen molar-refractivity contribution in [3.63, 3.8) is 0 Å². The third-order valence-corrected chi connectivity index (χ3v) is 5.37. The van der Waals surface area contributed by atoms with Crippen LogP contribution in [0.25, 0.3) is 0 Å². The molecule has 5 heteroatoms. The molecule has 0 saturated heterocycles. The summed E-state index contributed by atoms with van der Waals surface area (Å²) in [6, 6.07) is 23.2. The minimum absolute atomic E-state index is 0.454. The van der Waals surface area contributed by atoms with Gasteiger partial charge in [-0.2, -0.15) is 0 Å². The van der Waals surface area contributed by atoms with Gasteiger partial charge in [0.2, 0.25) is 0 Å². The Balaban J connectivity index is 1.94. The van der Waals surface area contributed by atoms with Crippen LogP contribution in [0.15, 0.2) is 82.3 Å². The van der Waals surface area contributed by atoms with Gasteiger partial charge in [0.05, 0.1) is 5.69 Å². The van der Waals surface area contributed by atoms with Gasteiger partial charge in [0.15, 0.2) is 0 Å². The van der Waals surface area contributed by atoms with Gasteiger partial charge in [0.1, 0.15) is 18.2 Å². The van der Waals surface area contributed by atoms with Crippen LogP contribution in [0.1, 0.15) is 22.7 Å². The number of para-hydroxylation sites is 1. The van der Waals surface area contributed by atoms with Gasteiger partial charge in [0, 0.05) is 27.8 Å². The Bertz CT molecular complexity index is 1010. The highest BCUT2D eigenvalue weighted by Gasteiger charge is 2.32. The molecule has 1 aliphatic rings. The molecule has 1 heterocycles. The first-order valence-electron chi connectivity index (χ1n) is 8.69. The van der Waals surface area contributed by atoms with E-state index in [1.165, 1.54) is 0 Å². The predicted octanol–water partition coefficient (Wildman–Crippen LogP) is 4.75. The second kappa shape index (κ2) is 7.47. The molecule has 1 aliphatic heterocycles. The molecule has 0 spiro atoms. The first kappa shape index (κ1) is 17.6. The van der Waals surface area contributed by atoms with Crippen molar-refractivity contribution >= 4 is 39.4 Å². The highest BCUT2D eigenvalue weighted by Crippen LogP contribution is 2.39. The number of carbonyl (C=O) groups excluding carboxylic acids is 1. The van der Waals surface area contributed by atoms with Crippen LogP contribution in [0.2, 0.25) is 0 Å². The van der Waals surface area contributed by atoms with Gasteiger partial charge in [-0.3, -0.25) is 0 Å². The summed E-state index contributed by atoms with van der Waals surface area (Å²) in [4.78, 5) is 19.0. The van der Waals surface area contributed by atoms with Crippen LogP contribution >= 0.6 is 15.9 Å². The van der Waals surface area contributed by atoms with Crippen LogP contribution in [0, 0.1) is 0 Å². The van der Waals surface area contributed by atoms with Crippen LogP contribution in [0.4, 0.5) is 11.4 Å². The molecule has 0 aromatic heterocycles. The van der Waals surface area contributed by atoms with E-state index in [1.54, 1.807) is 0 Å². The van der Waals surface area contributed by atoms with Gasteiger partial charge in [-0.05, 0) is 29.8 Å². The number of nitrogens with two attached hydrogens (primary N) is 1. The zero-order chi connectivity index (χ0) is 18.8. The van der Waals surface area contributed by atoms with Crippen molar-refractivity contribution < 1.29 is 4.79 Å². The van der Waals surface area contributed by atoms with E-state index >= 15 is 0 Å². The summed E-state index contributed by atoms with van der Waals surface area (Å²) in [5.74, 6) is 0.735. The summed E-state index contributed by atoms with van der Waals surface area (Å²) >= 11 is 3.62. The fourth-order valence-electron chi connectivity index (χ4n) is 3.32. The third-order valence-electron chi connectivity index (χ3n) is 4.68. The average molecular weight is 420 g/mol. The van der Waals surface area contributed by atoms with Gasteiger partial charge in [0.25, 0.3) is 0 Å². The minimum Gasteiger partial charge on any atom is -0.326 e. The van der Waals surface area contributed by atoms with Crippen molar-refractivity contribution in [3.05, 3.63) is 94.0 Å². The molecule has 4 rings (SSSR count). The molecule has 1 atom stereocenters. The Morgan fingerprint density at radius 3 is 2.41 bits per heavy atom. The van der Waals surface area contributed by atoms with Crippen LogP contribution in [-0.4, -0.2) is 12.1 Å². The number of carbonyl (C=O) groups is 1. The smallest absolute Gasteiger partial charge is 0.147 e. The summed E-state index contributed by atoms with van der Waals surface area (Å²) in [5, 5.41) is 0. The number of rotatable bonds is 4. The lowest BCUT2D eigenvalue weighted by Gasteiger charge is -2.36. The maximum Gasteiger partial charge on any atom is 0.147 e. The molecule has 134 valence electrons. The number of halogens is 1. The van der Waals surface area contributed by atoms with Crippen LogP contribution in [0.5, 0.6) is 0 Å². The molecule has 0 aliphatic carbocycles. The first-order valence-corrected chi connectivity index (χ1v) is 9.48. The molecule has 0 bridgehead atoms. The van der Waals surface area contributed by atoms with Gasteiger partial charge in [-0.25, -0.2) is 4.99 Å². The lowest BCUT2D eigenvalue weighted by atomic mass is 9.99.